The van der Waals surface area contributed by atoms with Crippen molar-refractivity contribution in [3.63, 3.8) is 0 Å². The van der Waals surface area contributed by atoms with E-state index in [4.69, 9.17) is 9.47 Å². The molecule has 0 atom stereocenters. The second-order valence-electron chi connectivity index (χ2n) is 2.99. The fourth-order valence-electron chi connectivity index (χ4n) is 0.771. The third-order valence-electron chi connectivity index (χ3n) is 1.61. The number of carbonyl (C=O) groups is 2. The summed E-state index contributed by atoms with van der Waals surface area (Å²) in [4.78, 5) is 20.9. The highest BCUT2D eigenvalue weighted by Crippen LogP contribution is 2.13. The van der Waals surface area contributed by atoms with Gasteiger partial charge in [0, 0.05) is 6.54 Å². The van der Waals surface area contributed by atoms with Gasteiger partial charge in [-0.1, -0.05) is 0 Å². The van der Waals surface area contributed by atoms with Crippen molar-refractivity contribution >= 4 is 11.9 Å². The van der Waals surface area contributed by atoms with E-state index in [0.717, 1.165) is 0 Å². The molecule has 0 aliphatic rings. The minimum atomic E-state index is -4.89. The maximum Gasteiger partial charge on any atom is 0.471 e. The van der Waals surface area contributed by atoms with Gasteiger partial charge in [-0.2, -0.15) is 13.2 Å². The molecule has 0 aromatic carbocycles. The highest BCUT2D eigenvalue weighted by atomic mass is 19.4. The van der Waals surface area contributed by atoms with Crippen molar-refractivity contribution in [1.29, 1.82) is 0 Å². The number of hydrogen-bond acceptors (Lipinski definition) is 5. The predicted octanol–water partition coefficient (Wildman–Crippen LogP) is -0.129. The zero-order chi connectivity index (χ0) is 14.0. The molecule has 0 spiro atoms. The van der Waals surface area contributed by atoms with Crippen LogP contribution in [0.3, 0.4) is 0 Å². The monoisotopic (exact) mass is 273 g/mol. The molecule has 0 aliphatic heterocycles. The van der Waals surface area contributed by atoms with Crippen LogP contribution >= 0.6 is 0 Å². The van der Waals surface area contributed by atoms with E-state index in [0.29, 0.717) is 0 Å². The summed E-state index contributed by atoms with van der Waals surface area (Å²) in [5.41, 5.74) is 0. The molecule has 6 nitrogen and oxygen atoms in total. The van der Waals surface area contributed by atoms with Crippen molar-refractivity contribution in [2.45, 2.75) is 6.18 Å². The molecule has 0 unspecified atom stereocenters. The summed E-state index contributed by atoms with van der Waals surface area (Å²) in [6.07, 6.45) is -4.89. The largest absolute Gasteiger partial charge is 0.471 e. The first-order chi connectivity index (χ1) is 8.38. The molecule has 0 fully saturated rings. The van der Waals surface area contributed by atoms with Gasteiger partial charge in [0.15, 0.2) is 0 Å². The van der Waals surface area contributed by atoms with Crippen molar-refractivity contribution in [2.24, 2.45) is 0 Å². The van der Waals surface area contributed by atoms with E-state index < -0.39 is 18.1 Å². The van der Waals surface area contributed by atoms with E-state index >= 15 is 0 Å². The SMILES string of the molecule is COC(=O)COCCOCCNC(=O)C(F)(F)F. The van der Waals surface area contributed by atoms with Crippen LogP contribution in [0.2, 0.25) is 0 Å². The summed E-state index contributed by atoms with van der Waals surface area (Å²) in [5, 5.41) is 1.64. The van der Waals surface area contributed by atoms with Crippen molar-refractivity contribution < 1.29 is 37.0 Å². The molecule has 1 amide bonds. The molecule has 106 valence electrons. The number of nitrogens with one attached hydrogen (secondary N) is 1. The minimum Gasteiger partial charge on any atom is -0.467 e. The quantitative estimate of drug-likeness (QED) is 0.492. The van der Waals surface area contributed by atoms with Crippen LogP contribution in [-0.4, -0.2) is 58.1 Å². The molecular formula is C9H14F3NO5. The zero-order valence-electron chi connectivity index (χ0n) is 9.71. The highest BCUT2D eigenvalue weighted by Gasteiger charge is 2.38. The molecule has 0 aromatic heterocycles. The van der Waals surface area contributed by atoms with Crippen molar-refractivity contribution in [2.75, 3.05) is 40.1 Å². The van der Waals surface area contributed by atoms with Crippen LogP contribution in [-0.2, 0) is 23.8 Å². The molecule has 0 bridgehead atoms. The molecule has 0 aliphatic carbocycles. The summed E-state index contributed by atoms with van der Waals surface area (Å²) in [6.45, 7) is -0.357. The first-order valence-electron chi connectivity index (χ1n) is 4.95. The molecule has 1 N–H and O–H groups in total. The Bertz CT molecular complexity index is 269. The average Bonchev–Trinajstić information content (AvgIpc) is 2.30. The molecule has 0 saturated heterocycles. The van der Waals surface area contributed by atoms with Gasteiger partial charge in [0.05, 0.1) is 26.9 Å². The molecule has 18 heavy (non-hydrogen) atoms. The van der Waals surface area contributed by atoms with Crippen LogP contribution in [0.5, 0.6) is 0 Å². The smallest absolute Gasteiger partial charge is 0.467 e. The van der Waals surface area contributed by atoms with E-state index in [1.165, 1.54) is 7.11 Å². The lowest BCUT2D eigenvalue weighted by atomic mass is 10.5. The Labute approximate surface area is 101 Å². The van der Waals surface area contributed by atoms with Gasteiger partial charge in [-0.25, -0.2) is 4.79 Å². The summed E-state index contributed by atoms with van der Waals surface area (Å²) < 4.78 is 49.1. The van der Waals surface area contributed by atoms with Gasteiger partial charge in [-0.05, 0) is 0 Å². The molecule has 9 heteroatoms. The molecule has 0 heterocycles. The third kappa shape index (κ3) is 8.76. The number of carbonyl (C=O) groups excluding carboxylic acids is 2. The van der Waals surface area contributed by atoms with Crippen molar-refractivity contribution in [3.8, 4) is 0 Å². The van der Waals surface area contributed by atoms with Crippen LogP contribution in [0.1, 0.15) is 0 Å². The van der Waals surface area contributed by atoms with Crippen LogP contribution in [0, 0.1) is 0 Å². The Kier molecular flexibility index (Phi) is 8.05. The lowest BCUT2D eigenvalue weighted by Gasteiger charge is -2.08. The molecular weight excluding hydrogens is 259 g/mol. The van der Waals surface area contributed by atoms with E-state index in [1.807, 2.05) is 0 Å². The number of rotatable bonds is 8. The second kappa shape index (κ2) is 8.70. The van der Waals surface area contributed by atoms with Gasteiger partial charge in [-0.3, -0.25) is 4.79 Å². The Morgan fingerprint density at radius 2 is 1.72 bits per heavy atom. The third-order valence-corrected chi connectivity index (χ3v) is 1.61. The van der Waals surface area contributed by atoms with Gasteiger partial charge >= 0.3 is 18.1 Å². The van der Waals surface area contributed by atoms with Gasteiger partial charge in [-0.15, -0.1) is 0 Å². The number of ether oxygens (including phenoxy) is 3. The predicted molar refractivity (Wildman–Crippen MR) is 52.7 cm³/mol. The fraction of sp³-hybridized carbons (Fsp3) is 0.778. The Morgan fingerprint density at radius 3 is 2.28 bits per heavy atom. The van der Waals surface area contributed by atoms with E-state index in [-0.39, 0.29) is 33.0 Å². The van der Waals surface area contributed by atoms with Crippen molar-refractivity contribution in [3.05, 3.63) is 0 Å². The Morgan fingerprint density at radius 1 is 1.11 bits per heavy atom. The standard InChI is InChI=1S/C9H14F3NO5/c1-16-7(14)6-18-5-4-17-3-2-13-8(15)9(10,11)12/h2-6H2,1H3,(H,13,15). The average molecular weight is 273 g/mol. The summed E-state index contributed by atoms with van der Waals surface area (Å²) >= 11 is 0. The minimum absolute atomic E-state index is 0.0800. The van der Waals surface area contributed by atoms with E-state index in [1.54, 1.807) is 5.32 Å². The number of esters is 1. The summed E-state index contributed by atoms with van der Waals surface area (Å²) in [7, 11) is 1.21. The lowest BCUT2D eigenvalue weighted by Crippen LogP contribution is -2.38. The first-order valence-corrected chi connectivity index (χ1v) is 4.95. The number of alkyl halides is 3. The molecule has 0 rings (SSSR count). The van der Waals surface area contributed by atoms with Gasteiger partial charge in [0.25, 0.3) is 0 Å². The molecule has 0 radical (unpaired) electrons. The van der Waals surface area contributed by atoms with Gasteiger partial charge in [0.1, 0.15) is 6.61 Å². The number of hydrogen-bond donors (Lipinski definition) is 1. The second-order valence-corrected chi connectivity index (χ2v) is 2.99. The van der Waals surface area contributed by atoms with Crippen LogP contribution < -0.4 is 5.32 Å². The maximum absolute atomic E-state index is 11.7. The van der Waals surface area contributed by atoms with E-state index in [9.17, 15) is 22.8 Å². The normalized spacial score (nSPS) is 11.1. The fourth-order valence-corrected chi connectivity index (χ4v) is 0.771. The van der Waals surface area contributed by atoms with Crippen LogP contribution in [0.4, 0.5) is 13.2 Å². The van der Waals surface area contributed by atoms with Crippen LogP contribution in [0.25, 0.3) is 0 Å². The summed E-state index contributed by atoms with van der Waals surface area (Å²) in [5.74, 6) is -2.54. The molecule has 0 saturated carbocycles. The summed E-state index contributed by atoms with van der Waals surface area (Å²) in [6, 6.07) is 0. The maximum atomic E-state index is 11.7. The van der Waals surface area contributed by atoms with Gasteiger partial charge in [0.2, 0.25) is 0 Å². The highest BCUT2D eigenvalue weighted by molar-refractivity contribution is 5.81. The number of amides is 1. The Hall–Kier alpha value is -1.35. The molecule has 0 aromatic rings. The number of halogens is 3. The topological polar surface area (TPSA) is 73.9 Å². The zero-order valence-corrected chi connectivity index (χ0v) is 9.71. The van der Waals surface area contributed by atoms with Gasteiger partial charge < -0.3 is 19.5 Å². The van der Waals surface area contributed by atoms with Crippen LogP contribution in [0.15, 0.2) is 0 Å². The first kappa shape index (κ1) is 16.6. The van der Waals surface area contributed by atoms with Crippen molar-refractivity contribution in [1.82, 2.24) is 5.32 Å². The number of methoxy groups -OCH3 is 1. The lowest BCUT2D eigenvalue weighted by molar-refractivity contribution is -0.173. The van der Waals surface area contributed by atoms with E-state index in [2.05, 4.69) is 4.74 Å². The Balaban J connectivity index is 3.32.